The van der Waals surface area contributed by atoms with E-state index >= 15 is 0 Å². The summed E-state index contributed by atoms with van der Waals surface area (Å²) in [6.07, 6.45) is 0. The van der Waals surface area contributed by atoms with Crippen molar-refractivity contribution in [3.8, 4) is 5.75 Å². The Balaban J connectivity index is 2.11. The van der Waals surface area contributed by atoms with Crippen LogP contribution in [0.4, 0.5) is 10.5 Å². The molecule has 0 aromatic heterocycles. The Labute approximate surface area is 141 Å². The van der Waals surface area contributed by atoms with E-state index in [9.17, 15) is 9.59 Å². The molecule has 0 bridgehead atoms. The molecule has 0 radical (unpaired) electrons. The van der Waals surface area contributed by atoms with Crippen LogP contribution < -0.4 is 21.1 Å². The van der Waals surface area contributed by atoms with Gasteiger partial charge < -0.3 is 21.1 Å². The predicted molar refractivity (Wildman–Crippen MR) is 93.3 cm³/mol. The molecule has 0 saturated carbocycles. The quantitative estimate of drug-likeness (QED) is 0.788. The topological polar surface area (TPSA) is 93.4 Å². The third-order valence-electron chi connectivity index (χ3n) is 3.61. The van der Waals surface area contributed by atoms with Gasteiger partial charge in [0, 0.05) is 16.8 Å². The first-order valence-electron chi connectivity index (χ1n) is 7.52. The lowest BCUT2D eigenvalue weighted by molar-refractivity contribution is 0.0939. The van der Waals surface area contributed by atoms with Gasteiger partial charge in [0.05, 0.1) is 13.2 Å². The number of anilines is 1. The number of nitrogens with two attached hydrogens (primary N) is 1. The number of methoxy groups -OCH3 is 1. The standard InChI is InChI=1S/C18H21N3O3/c1-11-4-9-16(24-3)15(10-11)12(2)20-17(22)13-5-7-14(8-6-13)21-18(19)23/h4-10,12H,1-3H3,(H,20,22)(H3,19,21,23). The number of primary amides is 1. The van der Waals surface area contributed by atoms with Crippen LogP contribution in [0, 0.1) is 6.92 Å². The number of aryl methyl sites for hydroxylation is 1. The predicted octanol–water partition coefficient (Wildman–Crippen LogP) is 2.99. The SMILES string of the molecule is COc1ccc(C)cc1C(C)NC(=O)c1ccc(NC(N)=O)cc1. The van der Waals surface area contributed by atoms with Gasteiger partial charge in [-0.05, 0) is 44.2 Å². The van der Waals surface area contributed by atoms with E-state index in [1.165, 1.54) is 0 Å². The summed E-state index contributed by atoms with van der Waals surface area (Å²) < 4.78 is 5.36. The van der Waals surface area contributed by atoms with E-state index in [0.29, 0.717) is 11.3 Å². The molecule has 2 rings (SSSR count). The number of benzene rings is 2. The number of urea groups is 1. The van der Waals surface area contributed by atoms with Crippen LogP contribution in [-0.4, -0.2) is 19.0 Å². The second-order valence-electron chi connectivity index (χ2n) is 5.51. The molecule has 0 fully saturated rings. The average molecular weight is 327 g/mol. The van der Waals surface area contributed by atoms with Crippen LogP contribution in [0.5, 0.6) is 5.75 Å². The summed E-state index contributed by atoms with van der Waals surface area (Å²) in [4.78, 5) is 23.2. The highest BCUT2D eigenvalue weighted by Crippen LogP contribution is 2.26. The molecule has 1 unspecified atom stereocenters. The first-order valence-corrected chi connectivity index (χ1v) is 7.52. The second-order valence-corrected chi connectivity index (χ2v) is 5.51. The molecule has 3 amide bonds. The van der Waals surface area contributed by atoms with Crippen LogP contribution >= 0.6 is 0 Å². The van der Waals surface area contributed by atoms with Crippen molar-refractivity contribution in [3.05, 3.63) is 59.2 Å². The van der Waals surface area contributed by atoms with Crippen LogP contribution in [-0.2, 0) is 0 Å². The molecule has 0 spiro atoms. The molecule has 2 aromatic carbocycles. The minimum Gasteiger partial charge on any atom is -0.496 e. The van der Waals surface area contributed by atoms with Gasteiger partial charge in [-0.2, -0.15) is 0 Å². The molecule has 1 atom stereocenters. The lowest BCUT2D eigenvalue weighted by Gasteiger charge is -2.18. The minimum absolute atomic E-state index is 0.211. The Hall–Kier alpha value is -3.02. The molecule has 6 nitrogen and oxygen atoms in total. The Morgan fingerprint density at radius 1 is 1.12 bits per heavy atom. The van der Waals surface area contributed by atoms with E-state index in [2.05, 4.69) is 10.6 Å². The lowest BCUT2D eigenvalue weighted by atomic mass is 10.0. The lowest BCUT2D eigenvalue weighted by Crippen LogP contribution is -2.27. The molecule has 0 aliphatic carbocycles. The van der Waals surface area contributed by atoms with Crippen LogP contribution in [0.15, 0.2) is 42.5 Å². The van der Waals surface area contributed by atoms with Gasteiger partial charge in [0.15, 0.2) is 0 Å². The molecule has 4 N–H and O–H groups in total. The Morgan fingerprint density at radius 3 is 2.38 bits per heavy atom. The fraction of sp³-hybridized carbons (Fsp3) is 0.222. The maximum absolute atomic E-state index is 12.4. The van der Waals surface area contributed by atoms with Gasteiger partial charge in [-0.3, -0.25) is 4.79 Å². The maximum Gasteiger partial charge on any atom is 0.316 e. The van der Waals surface area contributed by atoms with Crippen molar-refractivity contribution in [2.24, 2.45) is 5.73 Å². The number of rotatable bonds is 5. The molecule has 0 aliphatic heterocycles. The number of nitrogens with one attached hydrogen (secondary N) is 2. The van der Waals surface area contributed by atoms with Crippen molar-refractivity contribution in [1.82, 2.24) is 5.32 Å². The first-order chi connectivity index (χ1) is 11.4. The van der Waals surface area contributed by atoms with E-state index in [4.69, 9.17) is 10.5 Å². The van der Waals surface area contributed by atoms with Gasteiger partial charge in [0.1, 0.15) is 5.75 Å². The number of hydrogen-bond acceptors (Lipinski definition) is 3. The summed E-state index contributed by atoms with van der Waals surface area (Å²) in [5.41, 5.74) is 8.08. The Kier molecular flexibility index (Phi) is 5.42. The fourth-order valence-corrected chi connectivity index (χ4v) is 2.40. The van der Waals surface area contributed by atoms with Gasteiger partial charge >= 0.3 is 6.03 Å². The van der Waals surface area contributed by atoms with Crippen molar-refractivity contribution in [2.75, 3.05) is 12.4 Å². The number of carbonyl (C=O) groups is 2. The number of ether oxygens (including phenoxy) is 1. The van der Waals surface area contributed by atoms with E-state index < -0.39 is 6.03 Å². The molecular weight excluding hydrogens is 306 g/mol. The second kappa shape index (κ2) is 7.50. The number of amides is 3. The van der Waals surface area contributed by atoms with Crippen molar-refractivity contribution < 1.29 is 14.3 Å². The molecule has 2 aromatic rings. The molecule has 0 aliphatic rings. The first kappa shape index (κ1) is 17.3. The summed E-state index contributed by atoms with van der Waals surface area (Å²) in [5, 5.41) is 5.39. The Morgan fingerprint density at radius 2 is 1.79 bits per heavy atom. The molecule has 6 heteroatoms. The van der Waals surface area contributed by atoms with Crippen LogP contribution in [0.3, 0.4) is 0 Å². The minimum atomic E-state index is -0.646. The summed E-state index contributed by atoms with van der Waals surface area (Å²) in [7, 11) is 1.60. The fourth-order valence-electron chi connectivity index (χ4n) is 2.40. The summed E-state index contributed by atoms with van der Waals surface area (Å²) in [5.74, 6) is 0.520. The average Bonchev–Trinajstić information content (AvgIpc) is 2.54. The molecule has 24 heavy (non-hydrogen) atoms. The monoisotopic (exact) mass is 327 g/mol. The zero-order valence-corrected chi connectivity index (χ0v) is 13.9. The Bertz CT molecular complexity index is 742. The third kappa shape index (κ3) is 4.25. The summed E-state index contributed by atoms with van der Waals surface area (Å²) in [6, 6.07) is 11.5. The van der Waals surface area contributed by atoms with Crippen molar-refractivity contribution in [1.29, 1.82) is 0 Å². The van der Waals surface area contributed by atoms with Crippen molar-refractivity contribution in [2.45, 2.75) is 19.9 Å². The smallest absolute Gasteiger partial charge is 0.316 e. The largest absolute Gasteiger partial charge is 0.496 e. The van der Waals surface area contributed by atoms with E-state index in [-0.39, 0.29) is 11.9 Å². The van der Waals surface area contributed by atoms with Crippen molar-refractivity contribution in [3.63, 3.8) is 0 Å². The molecule has 0 saturated heterocycles. The van der Waals surface area contributed by atoms with E-state index in [1.807, 2.05) is 32.0 Å². The van der Waals surface area contributed by atoms with Crippen LogP contribution in [0.25, 0.3) is 0 Å². The van der Waals surface area contributed by atoms with Crippen LogP contribution in [0.1, 0.15) is 34.5 Å². The van der Waals surface area contributed by atoms with E-state index in [1.54, 1.807) is 31.4 Å². The third-order valence-corrected chi connectivity index (χ3v) is 3.61. The number of carbonyl (C=O) groups excluding carboxylic acids is 2. The molecule has 0 heterocycles. The van der Waals surface area contributed by atoms with Gasteiger partial charge in [-0.1, -0.05) is 17.7 Å². The van der Waals surface area contributed by atoms with Gasteiger partial charge in [-0.15, -0.1) is 0 Å². The normalized spacial score (nSPS) is 11.5. The molecular formula is C18H21N3O3. The highest BCUT2D eigenvalue weighted by atomic mass is 16.5. The maximum atomic E-state index is 12.4. The van der Waals surface area contributed by atoms with Gasteiger partial charge in [0.2, 0.25) is 0 Å². The summed E-state index contributed by atoms with van der Waals surface area (Å²) in [6.45, 7) is 3.89. The zero-order valence-electron chi connectivity index (χ0n) is 13.9. The summed E-state index contributed by atoms with van der Waals surface area (Å²) >= 11 is 0. The molecule has 126 valence electrons. The van der Waals surface area contributed by atoms with Gasteiger partial charge in [0.25, 0.3) is 5.91 Å². The van der Waals surface area contributed by atoms with Crippen molar-refractivity contribution >= 4 is 17.6 Å². The highest BCUT2D eigenvalue weighted by molar-refractivity contribution is 5.95. The highest BCUT2D eigenvalue weighted by Gasteiger charge is 2.15. The zero-order chi connectivity index (χ0) is 17.7. The number of hydrogen-bond donors (Lipinski definition) is 3. The van der Waals surface area contributed by atoms with Gasteiger partial charge in [-0.25, -0.2) is 4.79 Å². The van der Waals surface area contributed by atoms with Crippen LogP contribution in [0.2, 0.25) is 0 Å². The van der Waals surface area contributed by atoms with E-state index in [0.717, 1.165) is 16.9 Å².